The van der Waals surface area contributed by atoms with Gasteiger partial charge in [-0.05, 0) is 41.0 Å². The predicted octanol–water partition coefficient (Wildman–Crippen LogP) is 6.06. The molecule has 2 saturated heterocycles. The molecule has 0 unspecified atom stereocenters. The average molecular weight is 561 g/mol. The summed E-state index contributed by atoms with van der Waals surface area (Å²) in [5.41, 5.74) is 3.73. The van der Waals surface area contributed by atoms with Crippen LogP contribution in [0.15, 0.2) is 115 Å². The lowest BCUT2D eigenvalue weighted by molar-refractivity contribution is -0.151. The zero-order valence-corrected chi connectivity index (χ0v) is 22.6. The molecule has 3 heterocycles. The second-order valence-corrected chi connectivity index (χ2v) is 10.9. The molecule has 2 fully saturated rings. The molecule has 0 aromatic heterocycles. The molecule has 0 radical (unpaired) electrons. The van der Waals surface area contributed by atoms with E-state index in [0.29, 0.717) is 10.7 Å². The number of amides is 2. The highest BCUT2D eigenvalue weighted by atomic mass is 35.5. The van der Waals surface area contributed by atoms with Crippen molar-refractivity contribution in [2.45, 2.75) is 18.2 Å². The van der Waals surface area contributed by atoms with Gasteiger partial charge in [0.25, 0.3) is 0 Å². The third-order valence-electron chi connectivity index (χ3n) is 8.16. The maximum Gasteiger partial charge on any atom is 0.330 e. The Morgan fingerprint density at radius 2 is 1.39 bits per heavy atom. The normalized spacial score (nSPS) is 22.5. The van der Waals surface area contributed by atoms with Gasteiger partial charge in [-0.1, -0.05) is 109 Å². The zero-order valence-electron chi connectivity index (χ0n) is 21.8. The molecule has 7 heteroatoms. The first-order chi connectivity index (χ1) is 20.0. The summed E-state index contributed by atoms with van der Waals surface area (Å²) in [5.74, 6) is -3.02. The maximum atomic E-state index is 14.4. The lowest BCUT2D eigenvalue weighted by Crippen LogP contribution is -2.49. The molecule has 0 aliphatic carbocycles. The van der Waals surface area contributed by atoms with Gasteiger partial charge in [-0.3, -0.25) is 9.59 Å². The summed E-state index contributed by atoms with van der Waals surface area (Å²) in [7, 11) is 0. The van der Waals surface area contributed by atoms with Crippen LogP contribution in [-0.2, 0) is 19.1 Å². The molecule has 0 N–H and O–H groups in total. The molecule has 4 aromatic carbocycles. The van der Waals surface area contributed by atoms with Gasteiger partial charge in [0.1, 0.15) is 6.04 Å². The van der Waals surface area contributed by atoms with Crippen molar-refractivity contribution in [3.05, 3.63) is 137 Å². The van der Waals surface area contributed by atoms with Gasteiger partial charge >= 0.3 is 5.97 Å². The number of halogens is 1. The van der Waals surface area contributed by atoms with Crippen LogP contribution >= 0.6 is 11.6 Å². The monoisotopic (exact) mass is 560 g/mol. The fourth-order valence-electron chi connectivity index (χ4n) is 6.42. The quantitative estimate of drug-likeness (QED) is 0.219. The number of esters is 1. The topological polar surface area (TPSA) is 66.9 Å². The minimum absolute atomic E-state index is 0.348. The smallest absolute Gasteiger partial charge is 0.330 e. The average Bonchev–Trinajstić information content (AvgIpc) is 3.49. The summed E-state index contributed by atoms with van der Waals surface area (Å²) in [6.07, 6.45) is 3.19. The van der Waals surface area contributed by atoms with E-state index in [1.165, 1.54) is 4.90 Å². The van der Waals surface area contributed by atoms with E-state index in [1.807, 2.05) is 102 Å². The molecular formula is C34H25ClN2O4. The van der Waals surface area contributed by atoms with Crippen molar-refractivity contribution in [1.82, 2.24) is 0 Å². The van der Waals surface area contributed by atoms with Crippen molar-refractivity contribution < 1.29 is 19.1 Å². The first-order valence-corrected chi connectivity index (χ1v) is 13.9. The van der Waals surface area contributed by atoms with E-state index in [-0.39, 0.29) is 5.91 Å². The van der Waals surface area contributed by atoms with Gasteiger partial charge in [0.15, 0.2) is 6.10 Å². The van der Waals surface area contributed by atoms with Gasteiger partial charge in [-0.25, -0.2) is 9.69 Å². The minimum Gasteiger partial charge on any atom is -0.451 e. The number of benzene rings is 4. The van der Waals surface area contributed by atoms with E-state index in [0.717, 1.165) is 22.4 Å². The summed E-state index contributed by atoms with van der Waals surface area (Å²) < 4.78 is 6.31. The lowest BCUT2D eigenvalue weighted by Gasteiger charge is -2.36. The summed E-state index contributed by atoms with van der Waals surface area (Å²) in [5, 5.41) is 0.415. The Morgan fingerprint density at radius 3 is 2.07 bits per heavy atom. The van der Waals surface area contributed by atoms with Crippen LogP contribution in [0.25, 0.3) is 6.08 Å². The second-order valence-electron chi connectivity index (χ2n) is 10.4. The van der Waals surface area contributed by atoms with Crippen LogP contribution < -0.4 is 9.80 Å². The zero-order chi connectivity index (χ0) is 28.1. The summed E-state index contributed by atoms with van der Waals surface area (Å²) in [6, 6.07) is 31.9. The first-order valence-electron chi connectivity index (χ1n) is 13.5. The molecule has 4 aromatic rings. The number of carbonyl (C=O) groups excluding carboxylic acids is 3. The molecule has 202 valence electrons. The van der Waals surface area contributed by atoms with E-state index in [2.05, 4.69) is 0 Å². The Bertz CT molecular complexity index is 1650. The number of fused-ring (bicyclic) bond motifs is 5. The highest BCUT2D eigenvalue weighted by Gasteiger charge is 2.65. The first kappa shape index (κ1) is 25.3. The molecule has 7 rings (SSSR count). The molecule has 6 nitrogen and oxygen atoms in total. The van der Waals surface area contributed by atoms with Crippen LogP contribution in [0.1, 0.15) is 22.8 Å². The van der Waals surface area contributed by atoms with E-state index in [1.54, 1.807) is 24.3 Å². The second kappa shape index (κ2) is 10.1. The predicted molar refractivity (Wildman–Crippen MR) is 157 cm³/mol. The molecule has 41 heavy (non-hydrogen) atoms. The van der Waals surface area contributed by atoms with Crippen molar-refractivity contribution in [3.63, 3.8) is 0 Å². The number of hydrogen-bond donors (Lipinski definition) is 0. The number of nitrogens with zero attached hydrogens (tertiary/aromatic N) is 2. The molecule has 2 amide bonds. The molecule has 0 bridgehead atoms. The number of imide groups is 1. The third kappa shape index (κ3) is 4.14. The molecule has 4 atom stereocenters. The number of carbonyl (C=O) groups is 3. The van der Waals surface area contributed by atoms with Crippen molar-refractivity contribution >= 4 is 46.8 Å². The van der Waals surface area contributed by atoms with Crippen molar-refractivity contribution in [3.8, 4) is 0 Å². The van der Waals surface area contributed by atoms with Crippen molar-refractivity contribution in [2.75, 3.05) is 9.80 Å². The summed E-state index contributed by atoms with van der Waals surface area (Å²) in [4.78, 5) is 45.5. The fraction of sp³-hybridized carbons (Fsp3) is 0.147. The Labute approximate surface area is 242 Å². The van der Waals surface area contributed by atoms with Crippen LogP contribution in [0, 0.1) is 11.8 Å². The standard InChI is InChI=1S/C34H25ClN2O4/c35-24-15-9-16-25(20-24)36-32(38)28-27-19-18-21-10-7-8-17-26(21)37(27)30(29(28)33(36)39)34(40)41-31(22-11-3-1-4-12-22)23-13-5-2-6-14-23/h1-20,27-31H/t27-,28-,29+,30-/m1/s1. The molecule has 0 spiro atoms. The van der Waals surface area contributed by atoms with E-state index < -0.39 is 41.9 Å². The van der Waals surface area contributed by atoms with Gasteiger partial charge in [0.2, 0.25) is 11.8 Å². The Balaban J connectivity index is 1.32. The van der Waals surface area contributed by atoms with Crippen LogP contribution in [0.2, 0.25) is 5.02 Å². The summed E-state index contributed by atoms with van der Waals surface area (Å²) in [6.45, 7) is 0. The summed E-state index contributed by atoms with van der Waals surface area (Å²) >= 11 is 6.22. The van der Waals surface area contributed by atoms with Gasteiger partial charge in [0.05, 0.1) is 23.6 Å². The Kier molecular flexibility index (Phi) is 6.20. The number of rotatable bonds is 5. The largest absolute Gasteiger partial charge is 0.451 e. The molecule has 3 aliphatic rings. The van der Waals surface area contributed by atoms with Crippen LogP contribution in [0.4, 0.5) is 11.4 Å². The van der Waals surface area contributed by atoms with Crippen molar-refractivity contribution in [1.29, 1.82) is 0 Å². The van der Waals surface area contributed by atoms with E-state index in [9.17, 15) is 14.4 Å². The SMILES string of the molecule is O=C(OC(c1ccccc1)c1ccccc1)[C@H]1[C@H]2C(=O)N(c3cccc(Cl)c3)C(=O)[C@@H]2[C@H]2C=Cc3ccccc3N21. The van der Waals surface area contributed by atoms with Crippen LogP contribution in [-0.4, -0.2) is 29.9 Å². The highest BCUT2D eigenvalue weighted by Crippen LogP contribution is 2.50. The molecule has 3 aliphatic heterocycles. The number of hydrogen-bond acceptors (Lipinski definition) is 5. The minimum atomic E-state index is -1.01. The van der Waals surface area contributed by atoms with E-state index >= 15 is 0 Å². The maximum absolute atomic E-state index is 14.4. The van der Waals surface area contributed by atoms with Gasteiger partial charge in [-0.2, -0.15) is 0 Å². The number of ether oxygens (including phenoxy) is 1. The third-order valence-corrected chi connectivity index (χ3v) is 8.40. The van der Waals surface area contributed by atoms with Crippen LogP contribution in [0.3, 0.4) is 0 Å². The van der Waals surface area contributed by atoms with Crippen molar-refractivity contribution in [2.24, 2.45) is 11.8 Å². The Hall–Kier alpha value is -4.68. The van der Waals surface area contributed by atoms with Gasteiger partial charge in [-0.15, -0.1) is 0 Å². The molecular weight excluding hydrogens is 536 g/mol. The Morgan fingerprint density at radius 1 is 0.756 bits per heavy atom. The molecule has 0 saturated carbocycles. The number of para-hydroxylation sites is 1. The van der Waals surface area contributed by atoms with E-state index in [4.69, 9.17) is 16.3 Å². The highest BCUT2D eigenvalue weighted by molar-refractivity contribution is 6.31. The fourth-order valence-corrected chi connectivity index (χ4v) is 6.61. The van der Waals surface area contributed by atoms with Gasteiger partial charge < -0.3 is 9.64 Å². The number of anilines is 2. The van der Waals surface area contributed by atoms with Gasteiger partial charge in [0, 0.05) is 10.7 Å². The van der Waals surface area contributed by atoms with Crippen LogP contribution in [0.5, 0.6) is 0 Å². The lowest BCUT2D eigenvalue weighted by atomic mass is 9.88.